The summed E-state index contributed by atoms with van der Waals surface area (Å²) in [6.45, 7) is 4.63. The van der Waals surface area contributed by atoms with Gasteiger partial charge in [-0.1, -0.05) is 0 Å². The molecule has 0 amide bonds. The van der Waals surface area contributed by atoms with E-state index < -0.39 is 14.7 Å². The Bertz CT molecular complexity index is 1120. The van der Waals surface area contributed by atoms with Crippen molar-refractivity contribution in [2.75, 3.05) is 19.0 Å². The van der Waals surface area contributed by atoms with Gasteiger partial charge in [0.25, 0.3) is 0 Å². The number of nitrogens with zero attached hydrogens (tertiary/aromatic N) is 1. The van der Waals surface area contributed by atoms with E-state index in [0.717, 1.165) is 18.5 Å². The third-order valence-corrected chi connectivity index (χ3v) is 8.77. The molecule has 162 valence electrons. The van der Waals surface area contributed by atoms with E-state index in [4.69, 9.17) is 22.8 Å². The zero-order valence-electron chi connectivity index (χ0n) is 18.7. The predicted octanol–water partition coefficient (Wildman–Crippen LogP) is 6.68. The molecule has 4 rings (SSSR count). The van der Waals surface area contributed by atoms with E-state index in [1.54, 1.807) is 0 Å². The molecule has 0 atom stereocenters. The summed E-state index contributed by atoms with van der Waals surface area (Å²) in [6, 6.07) is 22.1. The van der Waals surface area contributed by atoms with Crippen LogP contribution in [0.2, 0.25) is 0 Å². The van der Waals surface area contributed by atoms with Gasteiger partial charge in [-0.2, -0.15) is 0 Å². The summed E-state index contributed by atoms with van der Waals surface area (Å²) in [7, 11) is 17.0. The molecule has 0 radical (unpaired) electrons. The van der Waals surface area contributed by atoms with Crippen LogP contribution >= 0.6 is 18.6 Å². The van der Waals surface area contributed by atoms with Gasteiger partial charge in [0.15, 0.2) is 0 Å². The summed E-state index contributed by atoms with van der Waals surface area (Å²) in [5.41, 5.74) is 10.6. The summed E-state index contributed by atoms with van der Waals surface area (Å²) in [5, 5.41) is 0. The van der Waals surface area contributed by atoms with Crippen LogP contribution in [0.3, 0.4) is 0 Å². The van der Waals surface area contributed by atoms with Gasteiger partial charge >= 0.3 is 199 Å². The van der Waals surface area contributed by atoms with E-state index in [1.807, 2.05) is 14.1 Å². The van der Waals surface area contributed by atoms with Gasteiger partial charge < -0.3 is 0 Å². The van der Waals surface area contributed by atoms with Crippen LogP contribution in [0, 0.1) is 0 Å². The van der Waals surface area contributed by atoms with Crippen LogP contribution in [0.25, 0.3) is 11.1 Å². The maximum absolute atomic E-state index is 6.43. The zero-order chi connectivity index (χ0) is 22.4. The van der Waals surface area contributed by atoms with Crippen molar-refractivity contribution in [3.05, 3.63) is 88.5 Å². The molecule has 3 aromatic rings. The standard InChI is InChI=1S/C26H28N.2ClH.H2N.Ti/c1-18-15-21(27(4)5)13-14-25(18)26(2,3)17-20-10-8-12-23-22-11-7-6-9-19(22)16-24(20)23;;;;/h6-15H,1,16-17H2,2-5H3;2*1H;1H2;/q;;;-1;+3/p-2. The van der Waals surface area contributed by atoms with Crippen molar-refractivity contribution in [2.45, 2.75) is 36.8 Å². The number of nitrogens with two attached hydrogens (primary N) is 1. The van der Waals surface area contributed by atoms with Crippen LogP contribution in [-0.4, -0.2) is 14.1 Å². The molecule has 2 nitrogen and oxygen atoms in total. The van der Waals surface area contributed by atoms with E-state index in [9.17, 15) is 0 Å². The van der Waals surface area contributed by atoms with E-state index in [-0.39, 0.29) is 5.41 Å². The molecule has 0 aliphatic heterocycles. The van der Waals surface area contributed by atoms with Gasteiger partial charge in [-0.05, 0) is 0 Å². The molecule has 1 aliphatic rings. The molecule has 0 saturated carbocycles. The summed E-state index contributed by atoms with van der Waals surface area (Å²) in [6.07, 6.45) is 1.96. The molecular weight excluding hydrogens is 459 g/mol. The molecule has 0 aromatic heterocycles. The van der Waals surface area contributed by atoms with Crippen molar-refractivity contribution in [1.29, 1.82) is 0 Å². The molecule has 5 heteroatoms. The first-order chi connectivity index (χ1) is 14.5. The summed E-state index contributed by atoms with van der Waals surface area (Å²) >= 11 is -3.31. The van der Waals surface area contributed by atoms with Crippen LogP contribution in [0.4, 0.5) is 5.69 Å². The van der Waals surface area contributed by atoms with E-state index >= 15 is 0 Å². The summed E-state index contributed by atoms with van der Waals surface area (Å²) in [4.78, 5) is 2.11. The monoisotopic (exact) mass is 488 g/mol. The van der Waals surface area contributed by atoms with Crippen molar-refractivity contribution in [3.63, 3.8) is 0 Å². The first-order valence-electron chi connectivity index (χ1n) is 10.7. The first-order valence-corrected chi connectivity index (χ1v) is 17.0. The number of anilines is 1. The Hall–Kier alpha value is -1.29. The fraction of sp³-hybridized carbons (Fsp3) is 0.308. The molecular formula is C26H30Cl2N2Ti. The van der Waals surface area contributed by atoms with Crippen molar-refractivity contribution in [3.8, 4) is 11.1 Å². The number of hydrogen-bond acceptors (Lipinski definition) is 2. The Balaban J connectivity index is 1.72. The van der Waals surface area contributed by atoms with Crippen molar-refractivity contribution in [1.82, 2.24) is 0 Å². The third-order valence-electron chi connectivity index (χ3n) is 6.34. The number of halogens is 2. The molecule has 2 N–H and O–H groups in total. The van der Waals surface area contributed by atoms with Gasteiger partial charge in [0.1, 0.15) is 0 Å². The second-order valence-electron chi connectivity index (χ2n) is 9.51. The maximum atomic E-state index is 6.43. The topological polar surface area (TPSA) is 29.3 Å². The van der Waals surface area contributed by atoms with Crippen LogP contribution in [0.5, 0.6) is 0 Å². The van der Waals surface area contributed by atoms with Gasteiger partial charge in [-0.3, -0.25) is 0 Å². The van der Waals surface area contributed by atoms with E-state index in [2.05, 4.69) is 79.4 Å². The minimum absolute atomic E-state index is 0.0780. The first kappa shape index (κ1) is 22.9. The van der Waals surface area contributed by atoms with Gasteiger partial charge in [-0.25, -0.2) is 0 Å². The minimum atomic E-state index is -3.31. The SMILES string of the molecule is CN(C)c1ccc(C(C)(C)Cc2cccc3c2Cc2ccccc2-3)c([CH2][Ti]([NH2])([Cl])[Cl])c1. The predicted molar refractivity (Wildman–Crippen MR) is 132 cm³/mol. The van der Waals surface area contributed by atoms with Gasteiger partial charge in [0, 0.05) is 0 Å². The van der Waals surface area contributed by atoms with Gasteiger partial charge in [-0.15, -0.1) is 0 Å². The number of hydrogen-bond donors (Lipinski definition) is 1. The Labute approximate surface area is 197 Å². The fourth-order valence-electron chi connectivity index (χ4n) is 4.88. The average Bonchev–Trinajstić information content (AvgIpc) is 3.06. The average molecular weight is 489 g/mol. The number of rotatable bonds is 6. The molecule has 0 saturated heterocycles. The molecule has 0 spiro atoms. The quantitative estimate of drug-likeness (QED) is 0.306. The Kier molecular flexibility index (Phi) is 6.33. The van der Waals surface area contributed by atoms with E-state index in [1.165, 1.54) is 38.9 Å². The fourth-order valence-corrected chi connectivity index (χ4v) is 7.32. The molecule has 0 unspecified atom stereocenters. The number of benzene rings is 3. The van der Waals surface area contributed by atoms with Crippen molar-refractivity contribution < 1.29 is 14.7 Å². The molecule has 31 heavy (non-hydrogen) atoms. The van der Waals surface area contributed by atoms with Gasteiger partial charge in [0.2, 0.25) is 0 Å². The van der Waals surface area contributed by atoms with E-state index in [0.29, 0.717) is 4.73 Å². The zero-order valence-corrected chi connectivity index (χ0v) is 21.7. The van der Waals surface area contributed by atoms with Crippen molar-refractivity contribution >= 4 is 24.3 Å². The second-order valence-corrected chi connectivity index (χ2v) is 18.8. The third kappa shape index (κ3) is 4.89. The molecule has 1 aliphatic carbocycles. The summed E-state index contributed by atoms with van der Waals surface area (Å²) < 4.78 is 6.77. The number of fused-ring (bicyclic) bond motifs is 3. The van der Waals surface area contributed by atoms with Crippen molar-refractivity contribution in [2.24, 2.45) is 4.22 Å². The molecule has 3 aromatic carbocycles. The Morgan fingerprint density at radius 1 is 0.935 bits per heavy atom. The normalized spacial score (nSPS) is 13.1. The Morgan fingerprint density at radius 3 is 2.35 bits per heavy atom. The van der Waals surface area contributed by atoms with Crippen LogP contribution in [0.1, 0.15) is 41.7 Å². The molecule has 0 fully saturated rings. The van der Waals surface area contributed by atoms with Gasteiger partial charge in [0.05, 0.1) is 0 Å². The molecule has 0 bridgehead atoms. The molecule has 0 heterocycles. The van der Waals surface area contributed by atoms with Crippen LogP contribution in [0.15, 0.2) is 60.7 Å². The second kappa shape index (κ2) is 8.58. The van der Waals surface area contributed by atoms with Crippen LogP contribution in [-0.2, 0) is 37.7 Å². The Morgan fingerprint density at radius 2 is 1.65 bits per heavy atom. The van der Waals surface area contributed by atoms with Crippen LogP contribution < -0.4 is 9.12 Å². The summed E-state index contributed by atoms with van der Waals surface area (Å²) in [5.74, 6) is 0.